The number of hydrogen-bond donors (Lipinski definition) is 2. The van der Waals surface area contributed by atoms with E-state index in [1.165, 1.54) is 0 Å². The monoisotopic (exact) mass is 273 g/mol. The molecule has 0 aromatic heterocycles. The molecular formula is C13H17Cl2NO. The van der Waals surface area contributed by atoms with Gasteiger partial charge < -0.3 is 10.4 Å². The van der Waals surface area contributed by atoms with E-state index in [2.05, 4.69) is 19.2 Å². The van der Waals surface area contributed by atoms with Crippen LogP contribution in [-0.2, 0) is 6.54 Å². The second kappa shape index (κ2) is 4.77. The van der Waals surface area contributed by atoms with E-state index in [0.717, 1.165) is 18.5 Å². The van der Waals surface area contributed by atoms with Gasteiger partial charge in [-0.1, -0.05) is 37.0 Å². The predicted molar refractivity (Wildman–Crippen MR) is 71.5 cm³/mol. The SMILES string of the molecule is CC1(C)C(O)CC1NCc1cc(Cl)cc(Cl)c1. The van der Waals surface area contributed by atoms with Gasteiger partial charge in [-0.25, -0.2) is 0 Å². The molecule has 0 aliphatic heterocycles. The Kier molecular flexibility index (Phi) is 3.69. The van der Waals surface area contributed by atoms with Crippen molar-refractivity contribution in [2.75, 3.05) is 0 Å². The van der Waals surface area contributed by atoms with Crippen LogP contribution in [0.1, 0.15) is 25.8 Å². The average molecular weight is 274 g/mol. The molecule has 2 atom stereocenters. The smallest absolute Gasteiger partial charge is 0.0621 e. The molecule has 0 amide bonds. The third kappa shape index (κ3) is 2.76. The molecule has 2 N–H and O–H groups in total. The van der Waals surface area contributed by atoms with Crippen LogP contribution in [0.25, 0.3) is 0 Å². The first-order chi connectivity index (χ1) is 7.89. The molecular weight excluding hydrogens is 257 g/mol. The van der Waals surface area contributed by atoms with Crippen LogP contribution in [0.2, 0.25) is 10.0 Å². The second-order valence-electron chi connectivity index (χ2n) is 5.28. The molecule has 1 aromatic rings. The van der Waals surface area contributed by atoms with Gasteiger partial charge in [0.05, 0.1) is 6.10 Å². The van der Waals surface area contributed by atoms with Crippen LogP contribution in [0.3, 0.4) is 0 Å². The lowest BCUT2D eigenvalue weighted by Gasteiger charge is -2.49. The van der Waals surface area contributed by atoms with E-state index in [1.807, 2.05) is 12.1 Å². The minimum Gasteiger partial charge on any atom is -0.392 e. The van der Waals surface area contributed by atoms with Crippen LogP contribution in [0, 0.1) is 5.41 Å². The van der Waals surface area contributed by atoms with Crippen LogP contribution < -0.4 is 5.32 Å². The molecule has 0 saturated heterocycles. The van der Waals surface area contributed by atoms with Crippen molar-refractivity contribution in [1.82, 2.24) is 5.32 Å². The first-order valence-electron chi connectivity index (χ1n) is 5.76. The van der Waals surface area contributed by atoms with Crippen molar-refractivity contribution in [1.29, 1.82) is 0 Å². The van der Waals surface area contributed by atoms with E-state index in [9.17, 15) is 5.11 Å². The molecule has 1 aliphatic carbocycles. The number of halogens is 2. The molecule has 1 saturated carbocycles. The molecule has 2 rings (SSSR count). The van der Waals surface area contributed by atoms with Gasteiger partial charge in [-0.15, -0.1) is 0 Å². The minimum atomic E-state index is -0.206. The van der Waals surface area contributed by atoms with E-state index in [4.69, 9.17) is 23.2 Å². The summed E-state index contributed by atoms with van der Waals surface area (Å²) in [5.74, 6) is 0. The highest BCUT2D eigenvalue weighted by Crippen LogP contribution is 2.40. The molecule has 4 heteroatoms. The van der Waals surface area contributed by atoms with Crippen LogP contribution in [0.5, 0.6) is 0 Å². The summed E-state index contributed by atoms with van der Waals surface area (Å²) in [6, 6.07) is 5.88. The van der Waals surface area contributed by atoms with Gasteiger partial charge in [-0.2, -0.15) is 0 Å². The topological polar surface area (TPSA) is 32.3 Å². The summed E-state index contributed by atoms with van der Waals surface area (Å²) in [7, 11) is 0. The summed E-state index contributed by atoms with van der Waals surface area (Å²) >= 11 is 11.9. The highest BCUT2D eigenvalue weighted by Gasteiger charge is 2.46. The lowest BCUT2D eigenvalue weighted by molar-refractivity contribution is -0.0729. The number of hydrogen-bond acceptors (Lipinski definition) is 2. The maximum atomic E-state index is 9.65. The maximum absolute atomic E-state index is 9.65. The lowest BCUT2D eigenvalue weighted by Crippen LogP contribution is -2.59. The maximum Gasteiger partial charge on any atom is 0.0621 e. The molecule has 0 bridgehead atoms. The van der Waals surface area contributed by atoms with E-state index in [1.54, 1.807) is 6.07 Å². The molecule has 0 heterocycles. The van der Waals surface area contributed by atoms with Crippen molar-refractivity contribution in [3.8, 4) is 0 Å². The Morgan fingerprint density at radius 3 is 2.35 bits per heavy atom. The number of rotatable bonds is 3. The zero-order valence-corrected chi connectivity index (χ0v) is 11.5. The second-order valence-corrected chi connectivity index (χ2v) is 6.16. The zero-order valence-electron chi connectivity index (χ0n) is 10.0. The van der Waals surface area contributed by atoms with Gasteiger partial charge in [-0.05, 0) is 30.2 Å². The van der Waals surface area contributed by atoms with Crippen molar-refractivity contribution in [3.63, 3.8) is 0 Å². The predicted octanol–water partition coefficient (Wildman–Crippen LogP) is 3.24. The van der Waals surface area contributed by atoms with Crippen molar-refractivity contribution >= 4 is 23.2 Å². The highest BCUT2D eigenvalue weighted by molar-refractivity contribution is 6.34. The quantitative estimate of drug-likeness (QED) is 0.886. The Morgan fingerprint density at radius 2 is 1.88 bits per heavy atom. The summed E-state index contributed by atoms with van der Waals surface area (Å²) in [5, 5.41) is 14.4. The fourth-order valence-corrected chi connectivity index (χ4v) is 2.77. The molecule has 0 radical (unpaired) electrons. The third-order valence-electron chi connectivity index (χ3n) is 3.69. The Labute approximate surface area is 112 Å². The van der Waals surface area contributed by atoms with E-state index in [-0.39, 0.29) is 11.5 Å². The Balaban J connectivity index is 1.95. The summed E-state index contributed by atoms with van der Waals surface area (Å²) in [6.07, 6.45) is 0.601. The summed E-state index contributed by atoms with van der Waals surface area (Å²) in [5.41, 5.74) is 1.02. The number of aliphatic hydroxyl groups is 1. The van der Waals surface area contributed by atoms with Crippen LogP contribution in [0.4, 0.5) is 0 Å². The fraction of sp³-hybridized carbons (Fsp3) is 0.538. The number of nitrogens with one attached hydrogen (secondary N) is 1. The average Bonchev–Trinajstić information content (AvgIpc) is 2.22. The standard InChI is InChI=1S/C13H17Cl2NO/c1-13(2)11(6-12(13)17)16-7-8-3-9(14)5-10(15)4-8/h3-5,11-12,16-17H,6-7H2,1-2H3. The van der Waals surface area contributed by atoms with E-state index in [0.29, 0.717) is 16.1 Å². The van der Waals surface area contributed by atoms with Crippen molar-refractivity contribution in [3.05, 3.63) is 33.8 Å². The van der Waals surface area contributed by atoms with E-state index >= 15 is 0 Å². The van der Waals surface area contributed by atoms with Gasteiger partial charge in [0.25, 0.3) is 0 Å². The normalized spacial score (nSPS) is 26.6. The van der Waals surface area contributed by atoms with Crippen LogP contribution in [0.15, 0.2) is 18.2 Å². The molecule has 1 aliphatic rings. The number of benzene rings is 1. The van der Waals surface area contributed by atoms with Crippen molar-refractivity contribution in [2.45, 2.75) is 39.0 Å². The summed E-state index contributed by atoms with van der Waals surface area (Å²) < 4.78 is 0. The lowest BCUT2D eigenvalue weighted by atomic mass is 9.64. The molecule has 2 nitrogen and oxygen atoms in total. The van der Waals surface area contributed by atoms with Gasteiger partial charge >= 0.3 is 0 Å². The third-order valence-corrected chi connectivity index (χ3v) is 4.13. The van der Waals surface area contributed by atoms with Crippen LogP contribution >= 0.6 is 23.2 Å². The van der Waals surface area contributed by atoms with Gasteiger partial charge in [0.1, 0.15) is 0 Å². The van der Waals surface area contributed by atoms with Gasteiger partial charge in [0, 0.05) is 28.0 Å². The molecule has 94 valence electrons. The largest absolute Gasteiger partial charge is 0.392 e. The Morgan fingerprint density at radius 1 is 1.29 bits per heavy atom. The van der Waals surface area contributed by atoms with Gasteiger partial charge in [0.15, 0.2) is 0 Å². The molecule has 1 fully saturated rings. The Bertz CT molecular complexity index is 400. The van der Waals surface area contributed by atoms with Gasteiger partial charge in [-0.3, -0.25) is 0 Å². The van der Waals surface area contributed by atoms with Gasteiger partial charge in [0.2, 0.25) is 0 Å². The van der Waals surface area contributed by atoms with Crippen molar-refractivity contribution in [2.24, 2.45) is 5.41 Å². The molecule has 2 unspecified atom stereocenters. The zero-order chi connectivity index (χ0) is 12.6. The Hall–Kier alpha value is -0.280. The molecule has 1 aromatic carbocycles. The minimum absolute atomic E-state index is 0.0532. The summed E-state index contributed by atoms with van der Waals surface area (Å²) in [6.45, 7) is 4.87. The fourth-order valence-electron chi connectivity index (χ4n) is 2.20. The first kappa shape index (κ1) is 13.2. The van der Waals surface area contributed by atoms with Crippen LogP contribution in [-0.4, -0.2) is 17.3 Å². The van der Waals surface area contributed by atoms with E-state index < -0.39 is 0 Å². The highest BCUT2D eigenvalue weighted by atomic mass is 35.5. The molecule has 0 spiro atoms. The van der Waals surface area contributed by atoms with Crippen molar-refractivity contribution < 1.29 is 5.11 Å². The summed E-state index contributed by atoms with van der Waals surface area (Å²) in [4.78, 5) is 0. The molecule has 17 heavy (non-hydrogen) atoms. The number of aliphatic hydroxyl groups excluding tert-OH is 1. The first-order valence-corrected chi connectivity index (χ1v) is 6.51.